The number of benzene rings is 3. The summed E-state index contributed by atoms with van der Waals surface area (Å²) in [4.78, 5) is 5.04. The van der Waals surface area contributed by atoms with Crippen molar-refractivity contribution in [2.75, 3.05) is 0 Å². The minimum Gasteiger partial charge on any atom is -0.487 e. The highest BCUT2D eigenvalue weighted by Crippen LogP contribution is 2.39. The molecule has 0 bridgehead atoms. The van der Waals surface area contributed by atoms with Crippen molar-refractivity contribution in [1.29, 1.82) is 0 Å². The van der Waals surface area contributed by atoms with Crippen molar-refractivity contribution in [3.63, 3.8) is 0 Å². The third kappa shape index (κ3) is 4.53. The lowest BCUT2D eigenvalue weighted by molar-refractivity contribution is 0.307. The Morgan fingerprint density at radius 2 is 1.64 bits per heavy atom. The summed E-state index contributed by atoms with van der Waals surface area (Å²) in [5.74, 6) is 1.31. The number of fused-ring (bicyclic) bond motifs is 1. The molecule has 142 valence electrons. The molecule has 0 saturated carbocycles. The Hall–Kier alpha value is -2.39. The van der Waals surface area contributed by atoms with Crippen molar-refractivity contribution in [2.24, 2.45) is 10.9 Å². The Bertz CT molecular complexity index is 967. The van der Waals surface area contributed by atoms with Gasteiger partial charge in [-0.15, -0.1) is 0 Å². The molecule has 0 aromatic heterocycles. The molecule has 0 amide bonds. The molecule has 0 fully saturated rings. The first kappa shape index (κ1) is 18.9. The van der Waals surface area contributed by atoms with E-state index in [9.17, 15) is 0 Å². The number of hydrogen-bond acceptors (Lipinski definition) is 2. The topological polar surface area (TPSA) is 21.6 Å². The van der Waals surface area contributed by atoms with Gasteiger partial charge in [0.05, 0.1) is 0 Å². The normalized spacial score (nSPS) is 16.1. The van der Waals surface area contributed by atoms with Gasteiger partial charge in [0.15, 0.2) is 0 Å². The maximum atomic E-state index is 6.19. The Balaban J connectivity index is 1.59. The number of ether oxygens (including phenoxy) is 1. The van der Waals surface area contributed by atoms with Crippen molar-refractivity contribution in [1.82, 2.24) is 0 Å². The van der Waals surface area contributed by atoms with Crippen LogP contribution in [0.4, 0.5) is 5.69 Å². The molecule has 1 aliphatic heterocycles. The minimum atomic E-state index is 0.454. The van der Waals surface area contributed by atoms with Gasteiger partial charge in [0, 0.05) is 16.1 Å². The van der Waals surface area contributed by atoms with Crippen molar-refractivity contribution in [3.05, 3.63) is 94.0 Å². The lowest BCUT2D eigenvalue weighted by Gasteiger charge is -2.14. The monoisotopic (exact) mass is 433 g/mol. The standard InChI is InChI=1S/C25H24BrNO/c1-18-21(14-19-8-4-2-5-9-19)12-13-22-15-23(26)16-24(25(22)27-18)28-17-20-10-6-3-7-11-20/h2-11,15-16,21H,12-14,17H2,1H3. The number of halogens is 1. The highest BCUT2D eigenvalue weighted by atomic mass is 79.9. The number of nitrogens with zero attached hydrogens (tertiary/aromatic N) is 1. The number of hydrogen-bond donors (Lipinski definition) is 0. The van der Waals surface area contributed by atoms with E-state index in [0.717, 1.165) is 40.7 Å². The van der Waals surface area contributed by atoms with Gasteiger partial charge in [-0.2, -0.15) is 0 Å². The van der Waals surface area contributed by atoms with E-state index in [1.165, 1.54) is 16.8 Å². The highest BCUT2D eigenvalue weighted by Gasteiger charge is 2.21. The largest absolute Gasteiger partial charge is 0.487 e. The molecule has 0 radical (unpaired) electrons. The predicted molar refractivity (Wildman–Crippen MR) is 120 cm³/mol. The van der Waals surface area contributed by atoms with Crippen molar-refractivity contribution >= 4 is 27.3 Å². The molecule has 1 atom stereocenters. The number of rotatable bonds is 5. The molecule has 1 aliphatic rings. The second kappa shape index (κ2) is 8.74. The van der Waals surface area contributed by atoms with Crippen LogP contribution in [0.25, 0.3) is 0 Å². The second-order valence-corrected chi connectivity index (χ2v) is 8.28. The molecule has 2 nitrogen and oxygen atoms in total. The average molecular weight is 434 g/mol. The van der Waals surface area contributed by atoms with Crippen LogP contribution in [0, 0.1) is 5.92 Å². The van der Waals surface area contributed by atoms with Crippen LogP contribution in [0.2, 0.25) is 0 Å². The van der Waals surface area contributed by atoms with Crippen molar-refractivity contribution in [3.8, 4) is 5.75 Å². The number of aliphatic imine (C=N–C) groups is 1. The van der Waals surface area contributed by atoms with Crippen LogP contribution in [0.15, 0.2) is 82.3 Å². The molecule has 0 N–H and O–H groups in total. The molecule has 4 rings (SSSR count). The van der Waals surface area contributed by atoms with E-state index < -0.39 is 0 Å². The zero-order valence-corrected chi connectivity index (χ0v) is 17.7. The summed E-state index contributed by atoms with van der Waals surface area (Å²) in [5.41, 5.74) is 5.97. The molecule has 1 heterocycles. The van der Waals surface area contributed by atoms with Gasteiger partial charge in [-0.3, -0.25) is 4.99 Å². The predicted octanol–water partition coefficient (Wildman–Crippen LogP) is 6.93. The second-order valence-electron chi connectivity index (χ2n) is 7.36. The average Bonchev–Trinajstić information content (AvgIpc) is 2.87. The zero-order valence-electron chi connectivity index (χ0n) is 16.1. The fourth-order valence-corrected chi connectivity index (χ4v) is 4.23. The lowest BCUT2D eigenvalue weighted by Crippen LogP contribution is -2.14. The smallest absolute Gasteiger partial charge is 0.146 e. The molecule has 28 heavy (non-hydrogen) atoms. The Kier molecular flexibility index (Phi) is 5.92. The van der Waals surface area contributed by atoms with Gasteiger partial charge in [0.2, 0.25) is 0 Å². The molecule has 3 aromatic rings. The van der Waals surface area contributed by atoms with E-state index in [1.807, 2.05) is 24.3 Å². The maximum absolute atomic E-state index is 6.19. The molecular weight excluding hydrogens is 410 g/mol. The van der Waals surface area contributed by atoms with Crippen LogP contribution >= 0.6 is 15.9 Å². The fraction of sp³-hybridized carbons (Fsp3) is 0.240. The summed E-state index contributed by atoms with van der Waals surface area (Å²) in [6.45, 7) is 2.71. The maximum Gasteiger partial charge on any atom is 0.146 e. The highest BCUT2D eigenvalue weighted by molar-refractivity contribution is 9.10. The van der Waals surface area contributed by atoms with E-state index in [0.29, 0.717) is 12.5 Å². The summed E-state index contributed by atoms with van der Waals surface area (Å²) >= 11 is 3.65. The lowest BCUT2D eigenvalue weighted by atomic mass is 9.90. The first-order chi connectivity index (χ1) is 13.7. The Morgan fingerprint density at radius 3 is 2.36 bits per heavy atom. The van der Waals surface area contributed by atoms with Gasteiger partial charge in [-0.1, -0.05) is 76.6 Å². The summed E-state index contributed by atoms with van der Waals surface area (Å²) in [7, 11) is 0. The van der Waals surface area contributed by atoms with Gasteiger partial charge in [-0.25, -0.2) is 0 Å². The minimum absolute atomic E-state index is 0.454. The van der Waals surface area contributed by atoms with Crippen LogP contribution in [0.5, 0.6) is 5.75 Å². The van der Waals surface area contributed by atoms with Crippen LogP contribution in [0.3, 0.4) is 0 Å². The van der Waals surface area contributed by atoms with E-state index in [4.69, 9.17) is 9.73 Å². The van der Waals surface area contributed by atoms with Crippen LogP contribution in [-0.2, 0) is 19.4 Å². The van der Waals surface area contributed by atoms with E-state index in [2.05, 4.69) is 71.4 Å². The molecule has 3 heteroatoms. The van der Waals surface area contributed by atoms with Gasteiger partial charge >= 0.3 is 0 Å². The third-order valence-corrected chi connectivity index (χ3v) is 5.78. The molecule has 0 aliphatic carbocycles. The van der Waals surface area contributed by atoms with Gasteiger partial charge in [0.1, 0.15) is 18.0 Å². The van der Waals surface area contributed by atoms with Gasteiger partial charge in [-0.05, 0) is 55.0 Å². The van der Waals surface area contributed by atoms with Crippen LogP contribution in [-0.4, -0.2) is 5.71 Å². The van der Waals surface area contributed by atoms with Crippen molar-refractivity contribution in [2.45, 2.75) is 32.8 Å². The van der Waals surface area contributed by atoms with E-state index in [-0.39, 0.29) is 0 Å². The van der Waals surface area contributed by atoms with Gasteiger partial charge < -0.3 is 4.74 Å². The first-order valence-electron chi connectivity index (χ1n) is 9.77. The quantitative estimate of drug-likeness (QED) is 0.427. The van der Waals surface area contributed by atoms with Gasteiger partial charge in [0.25, 0.3) is 0 Å². The van der Waals surface area contributed by atoms with E-state index in [1.54, 1.807) is 0 Å². The summed E-state index contributed by atoms with van der Waals surface area (Å²) < 4.78 is 7.24. The molecule has 3 aromatic carbocycles. The fourth-order valence-electron chi connectivity index (χ4n) is 3.75. The van der Waals surface area contributed by atoms with E-state index >= 15 is 0 Å². The molecule has 0 spiro atoms. The molecular formula is C25H24BrNO. The SMILES string of the molecule is CC1=Nc2c(cc(Br)cc2OCc2ccccc2)CCC1Cc1ccccc1. The zero-order chi connectivity index (χ0) is 19.3. The first-order valence-corrected chi connectivity index (χ1v) is 10.6. The van der Waals surface area contributed by atoms with Crippen molar-refractivity contribution < 1.29 is 4.74 Å². The number of aryl methyl sites for hydroxylation is 1. The summed E-state index contributed by atoms with van der Waals surface area (Å²) in [6, 6.07) is 25.2. The Morgan fingerprint density at radius 1 is 0.964 bits per heavy atom. The Labute approximate surface area is 175 Å². The molecule has 0 saturated heterocycles. The third-order valence-electron chi connectivity index (χ3n) is 5.32. The van der Waals surface area contributed by atoms with Crippen LogP contribution in [0.1, 0.15) is 30.0 Å². The summed E-state index contributed by atoms with van der Waals surface area (Å²) in [6.07, 6.45) is 3.14. The summed E-state index contributed by atoms with van der Waals surface area (Å²) in [5, 5.41) is 0. The molecule has 1 unspecified atom stereocenters. The van der Waals surface area contributed by atoms with Crippen LogP contribution < -0.4 is 4.74 Å².